The molecule has 0 aliphatic rings. The van der Waals surface area contributed by atoms with Crippen LogP contribution in [0.5, 0.6) is 0 Å². The van der Waals surface area contributed by atoms with E-state index in [9.17, 15) is 14.4 Å². The first-order valence-electron chi connectivity index (χ1n) is 20.8. The van der Waals surface area contributed by atoms with Crippen LogP contribution in [-0.4, -0.2) is 37.2 Å². The van der Waals surface area contributed by atoms with Crippen LogP contribution in [-0.2, 0) is 28.6 Å². The third-order valence-corrected chi connectivity index (χ3v) is 8.91. The number of hydrogen-bond donors (Lipinski definition) is 0. The fourth-order valence-corrected chi connectivity index (χ4v) is 5.73. The first-order valence-corrected chi connectivity index (χ1v) is 20.8. The average Bonchev–Trinajstić information content (AvgIpc) is 3.10. The Hall–Kier alpha value is -2.11. The van der Waals surface area contributed by atoms with E-state index in [0.717, 1.165) is 83.5 Å². The van der Waals surface area contributed by atoms with Crippen molar-refractivity contribution in [2.75, 3.05) is 13.2 Å². The smallest absolute Gasteiger partial charge is 0.306 e. The molecule has 0 aromatic rings. The van der Waals surface area contributed by atoms with Crippen molar-refractivity contribution in [1.29, 1.82) is 0 Å². The highest BCUT2D eigenvalue weighted by Gasteiger charge is 2.19. The van der Waals surface area contributed by atoms with Gasteiger partial charge in [-0.1, -0.05) is 154 Å². The molecule has 0 N–H and O–H groups in total. The molecule has 0 spiro atoms. The van der Waals surface area contributed by atoms with Crippen molar-refractivity contribution in [3.63, 3.8) is 0 Å². The second kappa shape index (κ2) is 38.7. The van der Waals surface area contributed by atoms with Gasteiger partial charge >= 0.3 is 17.9 Å². The number of esters is 3. The van der Waals surface area contributed by atoms with Gasteiger partial charge in [-0.2, -0.15) is 0 Å². The maximum Gasteiger partial charge on any atom is 0.306 e. The first kappa shape index (κ1) is 46.9. The van der Waals surface area contributed by atoms with Gasteiger partial charge in [0.05, 0.1) is 0 Å². The van der Waals surface area contributed by atoms with E-state index in [0.29, 0.717) is 19.3 Å². The number of allylic oxidation sites excluding steroid dienone is 4. The SMILES string of the molecule is CCC/C=C\CCCCCCCC(=O)OC(COC(=O)CCCCCCC/C=C\CCCCCC)COC(=O)CCCCCCCCCC. The molecule has 0 amide bonds. The summed E-state index contributed by atoms with van der Waals surface area (Å²) in [5.74, 6) is -0.902. The minimum Gasteiger partial charge on any atom is -0.462 e. The summed E-state index contributed by atoms with van der Waals surface area (Å²) >= 11 is 0. The summed E-state index contributed by atoms with van der Waals surface area (Å²) in [4.78, 5) is 37.4. The van der Waals surface area contributed by atoms with Crippen molar-refractivity contribution < 1.29 is 28.6 Å². The second-order valence-corrected chi connectivity index (χ2v) is 13.9. The molecule has 0 fully saturated rings. The van der Waals surface area contributed by atoms with Crippen molar-refractivity contribution in [3.8, 4) is 0 Å². The van der Waals surface area contributed by atoms with E-state index in [2.05, 4.69) is 45.1 Å². The zero-order valence-corrected chi connectivity index (χ0v) is 32.5. The highest BCUT2D eigenvalue weighted by molar-refractivity contribution is 5.71. The number of hydrogen-bond acceptors (Lipinski definition) is 6. The number of rotatable bonds is 37. The van der Waals surface area contributed by atoms with Crippen LogP contribution in [0.3, 0.4) is 0 Å². The number of ether oxygens (including phenoxy) is 3. The molecule has 0 saturated carbocycles. The first-order chi connectivity index (χ1) is 24.0. The second-order valence-electron chi connectivity index (χ2n) is 13.9. The molecule has 0 aliphatic carbocycles. The molecule has 0 rings (SSSR count). The van der Waals surface area contributed by atoms with Gasteiger partial charge in [-0.15, -0.1) is 0 Å². The monoisotopic (exact) mass is 691 g/mol. The minimum atomic E-state index is -0.770. The maximum absolute atomic E-state index is 12.6. The summed E-state index contributed by atoms with van der Waals surface area (Å²) in [6.07, 6.45) is 40.2. The van der Waals surface area contributed by atoms with Crippen LogP contribution in [0.4, 0.5) is 0 Å². The average molecular weight is 691 g/mol. The van der Waals surface area contributed by atoms with Crippen molar-refractivity contribution in [3.05, 3.63) is 24.3 Å². The summed E-state index contributed by atoms with van der Waals surface area (Å²) < 4.78 is 16.6. The zero-order chi connectivity index (χ0) is 35.9. The van der Waals surface area contributed by atoms with Gasteiger partial charge in [-0.3, -0.25) is 14.4 Å². The van der Waals surface area contributed by atoms with Gasteiger partial charge in [0.1, 0.15) is 13.2 Å². The molecule has 1 atom stereocenters. The minimum absolute atomic E-state index is 0.0758. The Morgan fingerprint density at radius 2 is 0.714 bits per heavy atom. The lowest BCUT2D eigenvalue weighted by molar-refractivity contribution is -0.167. The molecular formula is C43H78O6. The molecule has 0 radical (unpaired) electrons. The van der Waals surface area contributed by atoms with E-state index in [1.165, 1.54) is 89.9 Å². The Morgan fingerprint density at radius 3 is 1.12 bits per heavy atom. The Bertz CT molecular complexity index is 804. The van der Waals surface area contributed by atoms with E-state index in [-0.39, 0.29) is 31.1 Å². The third kappa shape index (κ3) is 37.0. The van der Waals surface area contributed by atoms with Gasteiger partial charge in [0.15, 0.2) is 6.10 Å². The van der Waals surface area contributed by atoms with Gasteiger partial charge in [-0.25, -0.2) is 0 Å². The lowest BCUT2D eigenvalue weighted by Gasteiger charge is -2.18. The predicted octanol–water partition coefficient (Wildman–Crippen LogP) is 12.9. The van der Waals surface area contributed by atoms with Crippen LogP contribution in [0.2, 0.25) is 0 Å². The lowest BCUT2D eigenvalue weighted by Crippen LogP contribution is -2.30. The lowest BCUT2D eigenvalue weighted by atomic mass is 10.1. The van der Waals surface area contributed by atoms with Gasteiger partial charge < -0.3 is 14.2 Å². The van der Waals surface area contributed by atoms with E-state index in [1.807, 2.05) is 0 Å². The Labute approximate surface area is 303 Å². The molecule has 0 heterocycles. The molecular weight excluding hydrogens is 612 g/mol. The fourth-order valence-electron chi connectivity index (χ4n) is 5.73. The molecule has 0 aliphatic heterocycles. The van der Waals surface area contributed by atoms with Gasteiger partial charge in [0.2, 0.25) is 0 Å². The summed E-state index contributed by atoms with van der Waals surface area (Å²) in [7, 11) is 0. The summed E-state index contributed by atoms with van der Waals surface area (Å²) in [5, 5.41) is 0. The Kier molecular flexibility index (Phi) is 37.0. The summed E-state index contributed by atoms with van der Waals surface area (Å²) in [6, 6.07) is 0. The molecule has 49 heavy (non-hydrogen) atoms. The van der Waals surface area contributed by atoms with Crippen molar-refractivity contribution in [1.82, 2.24) is 0 Å². The third-order valence-electron chi connectivity index (χ3n) is 8.91. The molecule has 286 valence electrons. The van der Waals surface area contributed by atoms with E-state index >= 15 is 0 Å². The Balaban J connectivity index is 4.35. The van der Waals surface area contributed by atoms with Crippen LogP contribution < -0.4 is 0 Å². The highest BCUT2D eigenvalue weighted by atomic mass is 16.6. The van der Waals surface area contributed by atoms with Crippen LogP contribution in [0, 0.1) is 0 Å². The van der Waals surface area contributed by atoms with Crippen LogP contribution in [0.25, 0.3) is 0 Å². The van der Waals surface area contributed by atoms with Crippen LogP contribution >= 0.6 is 0 Å². The van der Waals surface area contributed by atoms with E-state index in [4.69, 9.17) is 14.2 Å². The maximum atomic E-state index is 12.6. The molecule has 6 heteroatoms. The Morgan fingerprint density at radius 1 is 0.388 bits per heavy atom. The molecule has 6 nitrogen and oxygen atoms in total. The van der Waals surface area contributed by atoms with Gasteiger partial charge in [0.25, 0.3) is 0 Å². The molecule has 0 aromatic carbocycles. The molecule has 0 saturated heterocycles. The van der Waals surface area contributed by atoms with Crippen molar-refractivity contribution in [2.45, 2.75) is 219 Å². The number of carbonyl (C=O) groups is 3. The summed E-state index contributed by atoms with van der Waals surface area (Å²) in [6.45, 7) is 6.50. The van der Waals surface area contributed by atoms with Gasteiger partial charge in [0, 0.05) is 19.3 Å². The normalized spacial score (nSPS) is 12.1. The summed E-state index contributed by atoms with van der Waals surface area (Å²) in [5.41, 5.74) is 0. The zero-order valence-electron chi connectivity index (χ0n) is 32.5. The van der Waals surface area contributed by atoms with E-state index < -0.39 is 6.10 Å². The van der Waals surface area contributed by atoms with E-state index in [1.54, 1.807) is 0 Å². The predicted molar refractivity (Wildman–Crippen MR) is 206 cm³/mol. The topological polar surface area (TPSA) is 78.9 Å². The van der Waals surface area contributed by atoms with Crippen LogP contribution in [0.1, 0.15) is 213 Å². The van der Waals surface area contributed by atoms with Crippen molar-refractivity contribution in [2.24, 2.45) is 0 Å². The molecule has 0 aromatic heterocycles. The quantitative estimate of drug-likeness (QED) is 0.0279. The van der Waals surface area contributed by atoms with Gasteiger partial charge in [-0.05, 0) is 64.2 Å². The van der Waals surface area contributed by atoms with Crippen molar-refractivity contribution >= 4 is 17.9 Å². The number of unbranched alkanes of at least 4 members (excludes halogenated alkanes) is 22. The standard InChI is InChI=1S/C43H78O6/c1-4-7-10-13-16-19-21-22-23-25-27-30-33-36-42(45)48-39-40(38-47-41(44)35-32-29-26-18-15-12-9-6-3)49-43(46)37-34-31-28-24-20-17-14-11-8-5-2/h11,14,19,21,40H,4-10,12-13,15-18,20,22-39H2,1-3H3/b14-11-,21-19-. The molecule has 0 bridgehead atoms. The fraction of sp³-hybridized carbons (Fsp3) is 0.837. The highest BCUT2D eigenvalue weighted by Crippen LogP contribution is 2.13. The number of carbonyl (C=O) groups excluding carboxylic acids is 3. The van der Waals surface area contributed by atoms with Crippen LogP contribution in [0.15, 0.2) is 24.3 Å². The largest absolute Gasteiger partial charge is 0.462 e. The molecule has 1 unspecified atom stereocenters.